The summed E-state index contributed by atoms with van der Waals surface area (Å²) in [7, 11) is 0. The largest absolute Gasteiger partial charge is 0.352 e. The van der Waals surface area contributed by atoms with E-state index in [1.165, 1.54) is 25.7 Å². The minimum atomic E-state index is 0.631. The van der Waals surface area contributed by atoms with Crippen LogP contribution in [0.25, 0.3) is 0 Å². The zero-order chi connectivity index (χ0) is 13.0. The summed E-state index contributed by atoms with van der Waals surface area (Å²) in [5.74, 6) is 1.07. The van der Waals surface area contributed by atoms with Crippen molar-refractivity contribution in [2.75, 3.05) is 18.0 Å². The highest BCUT2D eigenvalue weighted by molar-refractivity contribution is 5.44. The molecule has 0 aliphatic heterocycles. The molecule has 0 unspecified atom stereocenters. The zero-order valence-corrected chi connectivity index (χ0v) is 11.5. The molecule has 1 saturated carbocycles. The molecule has 1 aromatic rings. The fourth-order valence-corrected chi connectivity index (χ4v) is 2.74. The maximum atomic E-state index is 5.66. The van der Waals surface area contributed by atoms with Gasteiger partial charge < -0.3 is 10.6 Å². The molecule has 2 rings (SSSR count). The van der Waals surface area contributed by atoms with Gasteiger partial charge in [0.2, 0.25) is 0 Å². The molecule has 0 amide bonds. The Morgan fingerprint density at radius 1 is 1.33 bits per heavy atom. The van der Waals surface area contributed by atoms with Crippen molar-refractivity contribution in [3.8, 4) is 0 Å². The highest BCUT2D eigenvalue weighted by Crippen LogP contribution is 2.28. The Morgan fingerprint density at radius 2 is 2.06 bits per heavy atom. The van der Waals surface area contributed by atoms with Crippen LogP contribution in [-0.2, 0) is 0 Å². The van der Waals surface area contributed by atoms with Crippen LogP contribution in [0.4, 0.5) is 5.82 Å². The van der Waals surface area contributed by atoms with E-state index in [2.05, 4.69) is 9.88 Å². The van der Waals surface area contributed by atoms with Gasteiger partial charge in [0.1, 0.15) is 0 Å². The van der Waals surface area contributed by atoms with Crippen LogP contribution in [0, 0.1) is 13.8 Å². The number of rotatable bonds is 5. The molecule has 0 saturated heterocycles. The van der Waals surface area contributed by atoms with Crippen molar-refractivity contribution in [1.29, 1.82) is 0 Å². The summed E-state index contributed by atoms with van der Waals surface area (Å²) in [5.41, 5.74) is 7.68. The van der Waals surface area contributed by atoms with E-state index in [0.29, 0.717) is 6.04 Å². The second-order valence-corrected chi connectivity index (χ2v) is 5.19. The summed E-state index contributed by atoms with van der Waals surface area (Å²) in [6.45, 7) is 5.79. The van der Waals surface area contributed by atoms with Crippen LogP contribution in [0.15, 0.2) is 6.20 Å². The number of aryl methyl sites for hydroxylation is 2. The quantitative estimate of drug-likeness (QED) is 0.868. The van der Waals surface area contributed by atoms with E-state index < -0.39 is 0 Å². The Balaban J connectivity index is 2.23. The number of aromatic nitrogens is 2. The minimum absolute atomic E-state index is 0.631. The maximum Gasteiger partial charge on any atom is 0.150 e. The van der Waals surface area contributed by atoms with E-state index in [4.69, 9.17) is 10.7 Å². The molecule has 1 heterocycles. The van der Waals surface area contributed by atoms with Crippen LogP contribution < -0.4 is 10.6 Å². The Bertz CT molecular complexity index is 385. The first-order chi connectivity index (χ1) is 8.72. The van der Waals surface area contributed by atoms with Gasteiger partial charge in [-0.15, -0.1) is 0 Å². The van der Waals surface area contributed by atoms with E-state index in [1.54, 1.807) is 0 Å². The fourth-order valence-electron chi connectivity index (χ4n) is 2.74. The molecule has 4 heteroatoms. The second kappa shape index (κ2) is 6.14. The predicted octanol–water partition coefficient (Wildman–Crippen LogP) is 2.19. The second-order valence-electron chi connectivity index (χ2n) is 5.19. The molecule has 0 bridgehead atoms. The van der Waals surface area contributed by atoms with Crippen LogP contribution in [0.5, 0.6) is 0 Å². The number of nitrogens with zero attached hydrogens (tertiary/aromatic N) is 3. The van der Waals surface area contributed by atoms with Gasteiger partial charge >= 0.3 is 0 Å². The molecule has 18 heavy (non-hydrogen) atoms. The lowest BCUT2D eigenvalue weighted by Crippen LogP contribution is -2.36. The van der Waals surface area contributed by atoms with Crippen molar-refractivity contribution in [2.45, 2.75) is 52.0 Å². The van der Waals surface area contributed by atoms with Crippen molar-refractivity contribution in [3.63, 3.8) is 0 Å². The van der Waals surface area contributed by atoms with Gasteiger partial charge in [0.15, 0.2) is 5.82 Å². The maximum absolute atomic E-state index is 5.66. The van der Waals surface area contributed by atoms with Gasteiger partial charge in [-0.3, -0.25) is 4.98 Å². The molecule has 0 aromatic carbocycles. The van der Waals surface area contributed by atoms with Crippen LogP contribution in [0.2, 0.25) is 0 Å². The van der Waals surface area contributed by atoms with Crippen molar-refractivity contribution < 1.29 is 0 Å². The normalized spacial score (nSPS) is 16.2. The molecule has 1 fully saturated rings. The van der Waals surface area contributed by atoms with Crippen molar-refractivity contribution in [2.24, 2.45) is 5.73 Å². The van der Waals surface area contributed by atoms with Crippen molar-refractivity contribution >= 4 is 5.82 Å². The zero-order valence-electron chi connectivity index (χ0n) is 11.5. The number of hydrogen-bond acceptors (Lipinski definition) is 4. The molecule has 4 nitrogen and oxygen atoms in total. The third kappa shape index (κ3) is 2.99. The van der Waals surface area contributed by atoms with E-state index >= 15 is 0 Å². The first kappa shape index (κ1) is 13.3. The van der Waals surface area contributed by atoms with Gasteiger partial charge in [0, 0.05) is 18.8 Å². The summed E-state index contributed by atoms with van der Waals surface area (Å²) in [4.78, 5) is 11.6. The van der Waals surface area contributed by atoms with Crippen LogP contribution >= 0.6 is 0 Å². The molecule has 2 N–H and O–H groups in total. The smallest absolute Gasteiger partial charge is 0.150 e. The Hall–Kier alpha value is -1.16. The minimum Gasteiger partial charge on any atom is -0.352 e. The van der Waals surface area contributed by atoms with Crippen molar-refractivity contribution in [3.05, 3.63) is 17.6 Å². The van der Waals surface area contributed by atoms with E-state index in [-0.39, 0.29) is 0 Å². The van der Waals surface area contributed by atoms with E-state index in [0.717, 1.165) is 36.7 Å². The first-order valence-corrected chi connectivity index (χ1v) is 6.99. The Morgan fingerprint density at radius 3 is 2.72 bits per heavy atom. The lowest BCUT2D eigenvalue weighted by molar-refractivity contribution is 0.583. The highest BCUT2D eigenvalue weighted by Gasteiger charge is 2.24. The monoisotopic (exact) mass is 248 g/mol. The molecule has 1 aliphatic rings. The van der Waals surface area contributed by atoms with Gasteiger partial charge in [0.05, 0.1) is 11.4 Å². The Labute approximate surface area is 110 Å². The van der Waals surface area contributed by atoms with Crippen LogP contribution in [-0.4, -0.2) is 29.1 Å². The summed E-state index contributed by atoms with van der Waals surface area (Å²) < 4.78 is 0. The number of hydrogen-bond donors (Lipinski definition) is 1. The first-order valence-electron chi connectivity index (χ1n) is 6.99. The lowest BCUT2D eigenvalue weighted by Gasteiger charge is -2.31. The third-order valence-electron chi connectivity index (χ3n) is 3.69. The topological polar surface area (TPSA) is 55.0 Å². The van der Waals surface area contributed by atoms with Gasteiger partial charge in [0.25, 0.3) is 0 Å². The summed E-state index contributed by atoms with van der Waals surface area (Å²) >= 11 is 0. The van der Waals surface area contributed by atoms with Crippen LogP contribution in [0.3, 0.4) is 0 Å². The van der Waals surface area contributed by atoms with E-state index in [1.807, 2.05) is 20.0 Å². The van der Waals surface area contributed by atoms with Gasteiger partial charge in [-0.2, -0.15) is 0 Å². The molecule has 100 valence electrons. The Kier molecular flexibility index (Phi) is 4.53. The number of anilines is 1. The summed E-state index contributed by atoms with van der Waals surface area (Å²) in [6, 6.07) is 0.631. The van der Waals surface area contributed by atoms with Gasteiger partial charge in [-0.1, -0.05) is 12.8 Å². The lowest BCUT2D eigenvalue weighted by atomic mass is 10.2. The summed E-state index contributed by atoms with van der Waals surface area (Å²) in [6.07, 6.45) is 8.09. The van der Waals surface area contributed by atoms with E-state index in [9.17, 15) is 0 Å². The third-order valence-corrected chi connectivity index (χ3v) is 3.69. The average molecular weight is 248 g/mol. The fraction of sp³-hybridized carbons (Fsp3) is 0.714. The molecule has 1 aromatic heterocycles. The van der Waals surface area contributed by atoms with Gasteiger partial charge in [-0.25, -0.2) is 4.98 Å². The summed E-state index contributed by atoms with van der Waals surface area (Å²) in [5, 5.41) is 0. The SMILES string of the molecule is Cc1cnc(C)c(N(CCCN)C2CCCC2)n1. The molecule has 0 atom stereocenters. The number of nitrogens with two attached hydrogens (primary N) is 1. The molecule has 0 spiro atoms. The molecular formula is C14H24N4. The predicted molar refractivity (Wildman–Crippen MR) is 74.8 cm³/mol. The molecule has 1 aliphatic carbocycles. The van der Waals surface area contributed by atoms with Crippen molar-refractivity contribution in [1.82, 2.24) is 9.97 Å². The standard InChI is InChI=1S/C14H24N4/c1-11-10-16-12(2)14(17-11)18(9-5-8-15)13-6-3-4-7-13/h10,13H,3-9,15H2,1-2H3. The highest BCUT2D eigenvalue weighted by atomic mass is 15.2. The van der Waals surface area contributed by atoms with Crippen LogP contribution in [0.1, 0.15) is 43.5 Å². The van der Waals surface area contributed by atoms with Gasteiger partial charge in [-0.05, 0) is 39.7 Å². The molecular weight excluding hydrogens is 224 g/mol. The molecule has 0 radical (unpaired) electrons. The average Bonchev–Trinajstić information content (AvgIpc) is 2.88.